The molecule has 0 bridgehead atoms. The number of pyridine rings is 1. The van der Waals surface area contributed by atoms with Crippen LogP contribution in [0.15, 0.2) is 52.2 Å². The Bertz CT molecular complexity index is 883. The van der Waals surface area contributed by atoms with E-state index in [1.54, 1.807) is 6.20 Å². The van der Waals surface area contributed by atoms with Crippen LogP contribution >= 0.6 is 11.6 Å². The Morgan fingerprint density at radius 1 is 1.24 bits per heavy atom. The number of rotatable bonds is 6. The molecule has 3 aromatic rings. The smallest absolute Gasteiger partial charge is 0.174 e. The van der Waals surface area contributed by atoms with Crippen LogP contribution in [0, 0.1) is 5.82 Å². The molecule has 0 aliphatic heterocycles. The number of hydrogen-bond donors (Lipinski definition) is 2. The van der Waals surface area contributed by atoms with Gasteiger partial charge >= 0.3 is 0 Å². The van der Waals surface area contributed by atoms with Gasteiger partial charge in [-0.2, -0.15) is 0 Å². The third-order valence-corrected chi connectivity index (χ3v) is 3.57. The van der Waals surface area contributed by atoms with Gasteiger partial charge < -0.3 is 11.1 Å². The maximum atomic E-state index is 13.2. The Morgan fingerprint density at radius 2 is 2.12 bits per heavy atom. The summed E-state index contributed by atoms with van der Waals surface area (Å²) < 4.78 is 17.9. The molecular weight excluding hydrogens is 347 g/mol. The highest BCUT2D eigenvalue weighted by molar-refractivity contribution is 6.31. The zero-order chi connectivity index (χ0) is 17.6. The molecule has 0 aliphatic carbocycles. The van der Waals surface area contributed by atoms with Crippen LogP contribution in [0.3, 0.4) is 0 Å². The second kappa shape index (κ2) is 7.82. The number of hydrogen-bond acceptors (Lipinski definition) is 6. The Kier molecular flexibility index (Phi) is 5.32. The molecule has 2 aromatic heterocycles. The minimum absolute atomic E-state index is 0.0374. The number of aliphatic imine (C=N–C) groups is 1. The summed E-state index contributed by atoms with van der Waals surface area (Å²) in [7, 11) is 0. The molecule has 128 valence electrons. The van der Waals surface area contributed by atoms with E-state index >= 15 is 0 Å². The number of benzene rings is 1. The van der Waals surface area contributed by atoms with Crippen LogP contribution < -0.4 is 11.1 Å². The van der Waals surface area contributed by atoms with Gasteiger partial charge in [0.1, 0.15) is 11.5 Å². The highest BCUT2D eigenvalue weighted by atomic mass is 35.5. The predicted molar refractivity (Wildman–Crippen MR) is 90.9 cm³/mol. The number of aromatic nitrogens is 3. The quantitative estimate of drug-likeness (QED) is 0.517. The third-order valence-electron chi connectivity index (χ3n) is 3.28. The number of nitrogens with zero attached hydrogens (tertiary/aromatic N) is 4. The molecule has 3 N–H and O–H groups in total. The van der Waals surface area contributed by atoms with E-state index in [0.717, 1.165) is 5.69 Å². The van der Waals surface area contributed by atoms with E-state index in [1.807, 2.05) is 18.2 Å². The van der Waals surface area contributed by atoms with Crippen LogP contribution in [-0.4, -0.2) is 21.1 Å². The number of halogens is 2. The molecule has 0 saturated carbocycles. The standard InChI is InChI=1S/C16H14ClFN6O/c17-12-7-10(4-5-13(12)18)22-16(19)15-14(23-25-24-15)9-20-8-11-3-1-2-6-21-11/h1-7,20H,8-9H2,(H2,19,22). The van der Waals surface area contributed by atoms with E-state index in [-0.39, 0.29) is 10.9 Å². The maximum absolute atomic E-state index is 13.2. The average Bonchev–Trinajstić information content (AvgIpc) is 3.08. The van der Waals surface area contributed by atoms with Gasteiger partial charge in [0, 0.05) is 19.3 Å². The van der Waals surface area contributed by atoms with Gasteiger partial charge in [-0.3, -0.25) is 4.98 Å². The molecule has 0 amide bonds. The van der Waals surface area contributed by atoms with Crippen molar-refractivity contribution >= 4 is 23.1 Å². The van der Waals surface area contributed by atoms with Crippen LogP contribution in [0.5, 0.6) is 0 Å². The molecule has 0 unspecified atom stereocenters. The van der Waals surface area contributed by atoms with Crippen molar-refractivity contribution in [2.24, 2.45) is 10.7 Å². The van der Waals surface area contributed by atoms with Crippen molar-refractivity contribution in [1.29, 1.82) is 0 Å². The van der Waals surface area contributed by atoms with Gasteiger partial charge in [0.05, 0.1) is 16.4 Å². The zero-order valence-corrected chi connectivity index (χ0v) is 13.7. The molecule has 3 rings (SSSR count). The summed E-state index contributed by atoms with van der Waals surface area (Å²) in [5, 5.41) is 10.7. The summed E-state index contributed by atoms with van der Waals surface area (Å²) in [5.74, 6) is -0.430. The molecule has 7 nitrogen and oxygen atoms in total. The van der Waals surface area contributed by atoms with Crippen LogP contribution in [0.25, 0.3) is 0 Å². The van der Waals surface area contributed by atoms with Crippen molar-refractivity contribution in [3.63, 3.8) is 0 Å². The van der Waals surface area contributed by atoms with E-state index < -0.39 is 5.82 Å². The first kappa shape index (κ1) is 17.0. The fourth-order valence-electron chi connectivity index (χ4n) is 2.08. The molecule has 25 heavy (non-hydrogen) atoms. The van der Waals surface area contributed by atoms with E-state index in [2.05, 4.69) is 25.6 Å². The second-order valence-corrected chi connectivity index (χ2v) is 5.49. The number of amidine groups is 1. The summed E-state index contributed by atoms with van der Waals surface area (Å²) in [6.07, 6.45) is 1.72. The van der Waals surface area contributed by atoms with Crippen molar-refractivity contribution in [3.05, 3.63) is 70.5 Å². The van der Waals surface area contributed by atoms with Gasteiger partial charge in [0.15, 0.2) is 11.5 Å². The molecule has 9 heteroatoms. The first-order chi connectivity index (χ1) is 12.1. The lowest BCUT2D eigenvalue weighted by Crippen LogP contribution is -2.20. The fraction of sp³-hybridized carbons (Fsp3) is 0.125. The van der Waals surface area contributed by atoms with E-state index in [0.29, 0.717) is 30.2 Å². The summed E-state index contributed by atoms with van der Waals surface area (Å²) >= 11 is 5.73. The lowest BCUT2D eigenvalue weighted by atomic mass is 10.2. The van der Waals surface area contributed by atoms with Crippen molar-refractivity contribution < 1.29 is 9.02 Å². The van der Waals surface area contributed by atoms with Gasteiger partial charge in [0.2, 0.25) is 0 Å². The Hall–Kier alpha value is -2.84. The minimum atomic E-state index is -0.526. The van der Waals surface area contributed by atoms with Crippen LogP contribution in [0.1, 0.15) is 17.1 Å². The Balaban J connectivity index is 1.69. The molecule has 0 saturated heterocycles. The molecule has 0 radical (unpaired) electrons. The summed E-state index contributed by atoms with van der Waals surface area (Å²) in [5.41, 5.74) is 8.07. The molecule has 1 aromatic carbocycles. The first-order valence-corrected chi connectivity index (χ1v) is 7.73. The number of nitrogens with one attached hydrogen (secondary N) is 1. The predicted octanol–water partition coefficient (Wildman–Crippen LogP) is 2.58. The highest BCUT2D eigenvalue weighted by Crippen LogP contribution is 2.22. The van der Waals surface area contributed by atoms with E-state index in [4.69, 9.17) is 22.0 Å². The molecule has 2 heterocycles. The zero-order valence-electron chi connectivity index (χ0n) is 13.0. The minimum Gasteiger partial charge on any atom is -0.382 e. The fourth-order valence-corrected chi connectivity index (χ4v) is 2.25. The molecule has 0 atom stereocenters. The van der Waals surface area contributed by atoms with E-state index in [9.17, 15) is 4.39 Å². The summed E-state index contributed by atoms with van der Waals surface area (Å²) in [6, 6.07) is 9.71. The SMILES string of the molecule is NC(=Nc1ccc(F)c(Cl)c1)c1nonc1CNCc1ccccn1. The van der Waals surface area contributed by atoms with Crippen LogP contribution in [-0.2, 0) is 13.1 Å². The number of nitrogens with two attached hydrogens (primary N) is 1. The maximum Gasteiger partial charge on any atom is 0.174 e. The summed E-state index contributed by atoms with van der Waals surface area (Å²) in [6.45, 7) is 0.924. The van der Waals surface area contributed by atoms with Crippen molar-refractivity contribution in [3.8, 4) is 0 Å². The van der Waals surface area contributed by atoms with Crippen molar-refractivity contribution in [1.82, 2.24) is 20.6 Å². The second-order valence-electron chi connectivity index (χ2n) is 5.08. The molecule has 0 spiro atoms. The molecule has 0 fully saturated rings. The normalized spacial score (nSPS) is 11.7. The lowest BCUT2D eigenvalue weighted by molar-refractivity contribution is 0.301. The average molecular weight is 361 g/mol. The largest absolute Gasteiger partial charge is 0.382 e. The van der Waals surface area contributed by atoms with E-state index in [1.165, 1.54) is 18.2 Å². The lowest BCUT2D eigenvalue weighted by Gasteiger charge is -2.03. The van der Waals surface area contributed by atoms with Crippen molar-refractivity contribution in [2.75, 3.05) is 0 Å². The monoisotopic (exact) mass is 360 g/mol. The van der Waals surface area contributed by atoms with Gasteiger partial charge in [-0.1, -0.05) is 22.8 Å². The van der Waals surface area contributed by atoms with Gasteiger partial charge in [0.25, 0.3) is 0 Å². The van der Waals surface area contributed by atoms with Gasteiger partial charge in [-0.05, 0) is 35.5 Å². The van der Waals surface area contributed by atoms with Crippen molar-refractivity contribution in [2.45, 2.75) is 13.1 Å². The van der Waals surface area contributed by atoms with Crippen LogP contribution in [0.4, 0.5) is 10.1 Å². The van der Waals surface area contributed by atoms with Gasteiger partial charge in [-0.15, -0.1) is 0 Å². The highest BCUT2D eigenvalue weighted by Gasteiger charge is 2.14. The first-order valence-electron chi connectivity index (χ1n) is 7.35. The Morgan fingerprint density at radius 3 is 2.88 bits per heavy atom. The topological polar surface area (TPSA) is 102 Å². The van der Waals surface area contributed by atoms with Gasteiger partial charge in [-0.25, -0.2) is 14.0 Å². The third kappa shape index (κ3) is 4.37. The Labute approximate surface area is 147 Å². The molecular formula is C16H14ClFN6O. The molecule has 0 aliphatic rings. The van der Waals surface area contributed by atoms with Crippen LogP contribution in [0.2, 0.25) is 5.02 Å². The summed E-state index contributed by atoms with van der Waals surface area (Å²) in [4.78, 5) is 8.38.